The predicted octanol–water partition coefficient (Wildman–Crippen LogP) is 3.40. The van der Waals surface area contributed by atoms with Gasteiger partial charge in [0.1, 0.15) is 5.82 Å². The van der Waals surface area contributed by atoms with E-state index in [1.54, 1.807) is 19.2 Å². The summed E-state index contributed by atoms with van der Waals surface area (Å²) in [7, 11) is 1.59. The van der Waals surface area contributed by atoms with Gasteiger partial charge in [0.25, 0.3) is 5.56 Å². The van der Waals surface area contributed by atoms with Crippen molar-refractivity contribution in [1.82, 2.24) is 19.6 Å². The minimum absolute atomic E-state index is 0.275. The van der Waals surface area contributed by atoms with Gasteiger partial charge in [-0.1, -0.05) is 23.9 Å². The van der Waals surface area contributed by atoms with E-state index in [0.717, 1.165) is 0 Å². The topological polar surface area (TPSA) is 81.5 Å². The maximum absolute atomic E-state index is 13.2. The Balaban J connectivity index is 1.54. The molecule has 0 radical (unpaired) electrons. The Hall–Kier alpha value is -3.33. The van der Waals surface area contributed by atoms with Gasteiger partial charge in [-0.3, -0.25) is 9.89 Å². The van der Waals surface area contributed by atoms with Gasteiger partial charge in [0, 0.05) is 17.4 Å². The van der Waals surface area contributed by atoms with Crippen molar-refractivity contribution in [1.29, 1.82) is 0 Å². The quantitative estimate of drug-likeness (QED) is 0.370. The van der Waals surface area contributed by atoms with Crippen molar-refractivity contribution in [2.45, 2.75) is 5.16 Å². The van der Waals surface area contributed by atoms with Crippen LogP contribution >= 0.6 is 11.8 Å². The first-order chi connectivity index (χ1) is 14.1. The van der Waals surface area contributed by atoms with Crippen molar-refractivity contribution in [2.75, 3.05) is 19.5 Å². The van der Waals surface area contributed by atoms with E-state index in [4.69, 9.17) is 9.47 Å². The monoisotopic (exact) mass is 412 g/mol. The van der Waals surface area contributed by atoms with Gasteiger partial charge in [-0.2, -0.15) is 0 Å². The minimum Gasteiger partial charge on any atom is -0.493 e. The molecule has 0 bridgehead atoms. The highest BCUT2D eigenvalue weighted by atomic mass is 32.2. The van der Waals surface area contributed by atoms with Crippen LogP contribution in [0.1, 0.15) is 0 Å². The van der Waals surface area contributed by atoms with Crippen LogP contribution in [0.3, 0.4) is 0 Å². The summed E-state index contributed by atoms with van der Waals surface area (Å²) in [4.78, 5) is 20.7. The summed E-state index contributed by atoms with van der Waals surface area (Å²) in [5.74, 6) is 1.97. The van der Waals surface area contributed by atoms with Gasteiger partial charge >= 0.3 is 0 Å². The fourth-order valence-corrected chi connectivity index (χ4v) is 3.50. The number of methoxy groups -OCH3 is 1. The maximum Gasteiger partial charge on any atom is 0.266 e. The zero-order chi connectivity index (χ0) is 20.2. The van der Waals surface area contributed by atoms with Crippen LogP contribution in [0.25, 0.3) is 17.0 Å². The third kappa shape index (κ3) is 4.24. The normalized spacial score (nSPS) is 11.0. The average Bonchev–Trinajstić information content (AvgIpc) is 3.12. The Labute approximate surface area is 169 Å². The van der Waals surface area contributed by atoms with E-state index in [0.29, 0.717) is 46.1 Å². The van der Waals surface area contributed by atoms with Gasteiger partial charge in [-0.15, -0.1) is 0 Å². The lowest BCUT2D eigenvalue weighted by Gasteiger charge is -2.10. The number of thioether (sulfide) groups is 1. The van der Waals surface area contributed by atoms with Gasteiger partial charge in [-0.05, 0) is 36.4 Å². The SMILES string of the molecule is COc1ccccc1OCCSc1nc(-c2ccc(F)cc2)nc2cc(=O)[nH]n12. The summed E-state index contributed by atoms with van der Waals surface area (Å²) in [5.41, 5.74) is 0.829. The molecule has 0 atom stereocenters. The molecule has 0 unspecified atom stereocenters. The fraction of sp³-hybridized carbons (Fsp3) is 0.150. The molecule has 0 aliphatic heterocycles. The molecule has 0 aliphatic carbocycles. The molecule has 7 nitrogen and oxygen atoms in total. The Kier molecular flexibility index (Phi) is 5.48. The number of nitrogens with one attached hydrogen (secondary N) is 1. The molecule has 2 heterocycles. The summed E-state index contributed by atoms with van der Waals surface area (Å²) in [6, 6.07) is 14.7. The molecule has 9 heteroatoms. The molecule has 4 aromatic rings. The molecule has 0 spiro atoms. The standard InChI is InChI=1S/C20H17FN4O3S/c1-27-15-4-2-3-5-16(15)28-10-11-29-20-23-19(13-6-8-14(21)9-7-13)22-17-12-18(26)24-25(17)20/h2-9,12H,10-11H2,1H3,(H,24,26). The third-order valence-electron chi connectivity index (χ3n) is 4.07. The summed E-state index contributed by atoms with van der Waals surface area (Å²) in [6.07, 6.45) is 0. The van der Waals surface area contributed by atoms with E-state index >= 15 is 0 Å². The van der Waals surface area contributed by atoms with E-state index in [1.165, 1.54) is 34.5 Å². The fourth-order valence-electron chi connectivity index (χ4n) is 2.73. The third-order valence-corrected chi connectivity index (χ3v) is 4.97. The van der Waals surface area contributed by atoms with Crippen LogP contribution in [0.2, 0.25) is 0 Å². The smallest absolute Gasteiger partial charge is 0.266 e. The summed E-state index contributed by atoms with van der Waals surface area (Å²) < 4.78 is 25.8. The largest absolute Gasteiger partial charge is 0.493 e. The highest BCUT2D eigenvalue weighted by Crippen LogP contribution is 2.26. The zero-order valence-electron chi connectivity index (χ0n) is 15.5. The first-order valence-corrected chi connectivity index (χ1v) is 9.77. The number of para-hydroxylation sites is 2. The van der Waals surface area contributed by atoms with Crippen molar-refractivity contribution in [3.05, 3.63) is 70.8 Å². The lowest BCUT2D eigenvalue weighted by atomic mass is 10.2. The zero-order valence-corrected chi connectivity index (χ0v) is 16.3. The number of hydrogen-bond acceptors (Lipinski definition) is 6. The molecule has 0 fully saturated rings. The van der Waals surface area contributed by atoms with Gasteiger partial charge < -0.3 is 9.47 Å². The molecule has 1 N–H and O–H groups in total. The van der Waals surface area contributed by atoms with E-state index in [-0.39, 0.29) is 11.4 Å². The number of nitrogens with zero attached hydrogens (tertiary/aromatic N) is 3. The molecule has 0 aliphatic rings. The number of fused-ring (bicyclic) bond motifs is 1. The second-order valence-corrected chi connectivity index (χ2v) is 7.06. The molecule has 0 amide bonds. The van der Waals surface area contributed by atoms with Crippen LogP contribution in [-0.2, 0) is 0 Å². The second-order valence-electron chi connectivity index (χ2n) is 6.00. The lowest BCUT2D eigenvalue weighted by Crippen LogP contribution is -2.07. The molecular weight excluding hydrogens is 395 g/mol. The molecule has 4 rings (SSSR count). The molecule has 148 valence electrons. The average molecular weight is 412 g/mol. The van der Waals surface area contributed by atoms with Crippen LogP contribution in [0.5, 0.6) is 11.5 Å². The van der Waals surface area contributed by atoms with Gasteiger partial charge in [0.05, 0.1) is 13.7 Å². The number of halogens is 1. The Morgan fingerprint density at radius 1 is 1.10 bits per heavy atom. The van der Waals surface area contributed by atoms with Crippen LogP contribution < -0.4 is 15.0 Å². The van der Waals surface area contributed by atoms with Crippen molar-refractivity contribution in [3.8, 4) is 22.9 Å². The number of H-pyrrole nitrogens is 1. The van der Waals surface area contributed by atoms with Gasteiger partial charge in [0.15, 0.2) is 28.1 Å². The Morgan fingerprint density at radius 3 is 2.62 bits per heavy atom. The van der Waals surface area contributed by atoms with Gasteiger partial charge in [-0.25, -0.2) is 18.9 Å². The number of aromatic amines is 1. The number of benzene rings is 2. The number of ether oxygens (including phenoxy) is 2. The molecule has 0 saturated carbocycles. The van der Waals surface area contributed by atoms with Crippen molar-refractivity contribution in [3.63, 3.8) is 0 Å². The molecule has 29 heavy (non-hydrogen) atoms. The van der Waals surface area contributed by atoms with Crippen LogP contribution in [0, 0.1) is 5.82 Å². The highest BCUT2D eigenvalue weighted by Gasteiger charge is 2.12. The lowest BCUT2D eigenvalue weighted by molar-refractivity contribution is 0.313. The summed E-state index contributed by atoms with van der Waals surface area (Å²) in [5, 5.41) is 3.24. The first-order valence-electron chi connectivity index (χ1n) is 8.78. The molecule has 0 saturated heterocycles. The Morgan fingerprint density at radius 2 is 1.86 bits per heavy atom. The van der Waals surface area contributed by atoms with Crippen molar-refractivity contribution in [2.24, 2.45) is 0 Å². The minimum atomic E-state index is -0.337. The molecule has 2 aromatic carbocycles. The Bertz CT molecular complexity index is 1190. The highest BCUT2D eigenvalue weighted by molar-refractivity contribution is 7.99. The van der Waals surface area contributed by atoms with E-state index in [1.807, 2.05) is 24.3 Å². The number of rotatable bonds is 7. The first kappa shape index (κ1) is 19.0. The van der Waals surface area contributed by atoms with Crippen LogP contribution in [0.15, 0.2) is 64.5 Å². The number of aromatic nitrogens is 4. The van der Waals surface area contributed by atoms with E-state index < -0.39 is 0 Å². The predicted molar refractivity (Wildman–Crippen MR) is 108 cm³/mol. The van der Waals surface area contributed by atoms with Crippen molar-refractivity contribution < 1.29 is 13.9 Å². The number of hydrogen-bond donors (Lipinski definition) is 1. The van der Waals surface area contributed by atoms with Crippen molar-refractivity contribution >= 4 is 17.4 Å². The second kappa shape index (κ2) is 8.36. The summed E-state index contributed by atoms with van der Waals surface area (Å²) >= 11 is 1.41. The summed E-state index contributed by atoms with van der Waals surface area (Å²) in [6.45, 7) is 0.411. The van der Waals surface area contributed by atoms with Crippen LogP contribution in [0.4, 0.5) is 4.39 Å². The molecule has 2 aromatic heterocycles. The van der Waals surface area contributed by atoms with E-state index in [2.05, 4.69) is 15.1 Å². The van der Waals surface area contributed by atoms with Crippen LogP contribution in [-0.4, -0.2) is 39.1 Å². The van der Waals surface area contributed by atoms with E-state index in [9.17, 15) is 9.18 Å². The maximum atomic E-state index is 13.2. The van der Waals surface area contributed by atoms with Gasteiger partial charge in [0.2, 0.25) is 0 Å². The molecular formula is C20H17FN4O3S.